The lowest BCUT2D eigenvalue weighted by molar-refractivity contribution is 0.102. The summed E-state index contributed by atoms with van der Waals surface area (Å²) in [5, 5.41) is 2.82. The molecule has 1 fully saturated rings. The SMILES string of the molecule is O=C(Nc1ccc(S(=O)(=O)N2CCCC2)cc1)c1ccccc1OCc1ccccc1. The molecule has 31 heavy (non-hydrogen) atoms. The van der Waals surface area contributed by atoms with Crippen LogP contribution in [0.5, 0.6) is 5.75 Å². The maximum Gasteiger partial charge on any atom is 0.259 e. The number of benzene rings is 3. The van der Waals surface area contributed by atoms with Crippen LogP contribution in [0.4, 0.5) is 5.69 Å². The molecule has 1 amide bonds. The molecule has 0 atom stereocenters. The molecule has 1 aliphatic rings. The normalized spacial score (nSPS) is 14.3. The Labute approximate surface area is 182 Å². The average Bonchev–Trinajstić information content (AvgIpc) is 3.35. The number of anilines is 1. The molecule has 6 nitrogen and oxygen atoms in total. The van der Waals surface area contributed by atoms with Gasteiger partial charge in [-0.15, -0.1) is 0 Å². The van der Waals surface area contributed by atoms with Gasteiger partial charge in [-0.2, -0.15) is 4.31 Å². The summed E-state index contributed by atoms with van der Waals surface area (Å²) in [4.78, 5) is 13.1. The summed E-state index contributed by atoms with van der Waals surface area (Å²) in [7, 11) is -3.48. The summed E-state index contributed by atoms with van der Waals surface area (Å²) in [6, 6.07) is 23.0. The Kier molecular flexibility index (Phi) is 6.34. The van der Waals surface area contributed by atoms with Gasteiger partial charge in [0.1, 0.15) is 12.4 Å². The molecule has 3 aromatic carbocycles. The standard InChI is InChI=1S/C24H24N2O4S/c27-24(22-10-4-5-11-23(22)30-18-19-8-2-1-3-9-19)25-20-12-14-21(15-13-20)31(28,29)26-16-6-7-17-26/h1-5,8-15H,6-7,16-18H2,(H,25,27). The molecule has 1 saturated heterocycles. The van der Waals surface area contributed by atoms with E-state index >= 15 is 0 Å². The number of carbonyl (C=O) groups is 1. The minimum absolute atomic E-state index is 0.235. The minimum atomic E-state index is -3.48. The van der Waals surface area contributed by atoms with Crippen molar-refractivity contribution in [1.29, 1.82) is 0 Å². The molecule has 0 aliphatic carbocycles. The summed E-state index contributed by atoms with van der Waals surface area (Å²) >= 11 is 0. The first-order valence-corrected chi connectivity index (χ1v) is 11.7. The number of hydrogen-bond acceptors (Lipinski definition) is 4. The first kappa shape index (κ1) is 21.1. The fraction of sp³-hybridized carbons (Fsp3) is 0.208. The van der Waals surface area contributed by atoms with E-state index in [1.807, 2.05) is 36.4 Å². The maximum absolute atomic E-state index is 12.8. The van der Waals surface area contributed by atoms with Crippen molar-refractivity contribution in [2.45, 2.75) is 24.3 Å². The number of carbonyl (C=O) groups excluding carboxylic acids is 1. The second kappa shape index (κ2) is 9.32. The number of rotatable bonds is 7. The number of sulfonamides is 1. The Morgan fingerprint density at radius 2 is 1.52 bits per heavy atom. The Balaban J connectivity index is 1.45. The molecule has 1 aliphatic heterocycles. The highest BCUT2D eigenvalue weighted by Gasteiger charge is 2.27. The first-order chi connectivity index (χ1) is 15.0. The molecule has 0 saturated carbocycles. The van der Waals surface area contributed by atoms with E-state index in [0.717, 1.165) is 18.4 Å². The van der Waals surface area contributed by atoms with E-state index < -0.39 is 10.0 Å². The quantitative estimate of drug-likeness (QED) is 0.599. The zero-order chi connectivity index (χ0) is 21.7. The zero-order valence-corrected chi connectivity index (χ0v) is 17.8. The van der Waals surface area contributed by atoms with E-state index in [4.69, 9.17) is 4.74 Å². The Hall–Kier alpha value is -3.16. The predicted octanol–water partition coefficient (Wildman–Crippen LogP) is 4.30. The van der Waals surface area contributed by atoms with E-state index in [9.17, 15) is 13.2 Å². The number of hydrogen-bond donors (Lipinski definition) is 1. The van der Waals surface area contributed by atoms with E-state index in [-0.39, 0.29) is 10.8 Å². The highest BCUT2D eigenvalue weighted by atomic mass is 32.2. The minimum Gasteiger partial charge on any atom is -0.488 e. The summed E-state index contributed by atoms with van der Waals surface area (Å²) in [6.45, 7) is 1.47. The van der Waals surface area contributed by atoms with Gasteiger partial charge in [-0.25, -0.2) is 8.42 Å². The van der Waals surface area contributed by atoms with Crippen LogP contribution in [-0.2, 0) is 16.6 Å². The van der Waals surface area contributed by atoms with Crippen molar-refractivity contribution in [2.75, 3.05) is 18.4 Å². The smallest absolute Gasteiger partial charge is 0.259 e. The molecule has 0 spiro atoms. The number of ether oxygens (including phenoxy) is 1. The van der Waals surface area contributed by atoms with E-state index in [1.165, 1.54) is 16.4 Å². The van der Waals surface area contributed by atoms with Gasteiger partial charge in [0.2, 0.25) is 10.0 Å². The molecular weight excluding hydrogens is 412 g/mol. The van der Waals surface area contributed by atoms with Crippen LogP contribution >= 0.6 is 0 Å². The number of para-hydroxylation sites is 1. The largest absolute Gasteiger partial charge is 0.488 e. The molecule has 1 heterocycles. The summed E-state index contributed by atoms with van der Waals surface area (Å²) < 4.78 is 32.6. The van der Waals surface area contributed by atoms with Gasteiger partial charge < -0.3 is 10.1 Å². The van der Waals surface area contributed by atoms with Crippen molar-refractivity contribution in [1.82, 2.24) is 4.31 Å². The van der Waals surface area contributed by atoms with E-state index in [0.29, 0.717) is 36.7 Å². The topological polar surface area (TPSA) is 75.7 Å². The molecule has 0 radical (unpaired) electrons. The van der Waals surface area contributed by atoms with Gasteiger partial charge in [-0.05, 0) is 54.8 Å². The first-order valence-electron chi connectivity index (χ1n) is 10.2. The molecule has 0 aromatic heterocycles. The van der Waals surface area contributed by atoms with Crippen LogP contribution < -0.4 is 10.1 Å². The number of nitrogens with one attached hydrogen (secondary N) is 1. The molecule has 0 bridgehead atoms. The van der Waals surface area contributed by atoms with Crippen LogP contribution in [0.1, 0.15) is 28.8 Å². The molecule has 7 heteroatoms. The van der Waals surface area contributed by atoms with E-state index in [2.05, 4.69) is 5.32 Å². The zero-order valence-electron chi connectivity index (χ0n) is 17.0. The summed E-state index contributed by atoms with van der Waals surface area (Å²) in [5.74, 6) is 0.163. The Morgan fingerprint density at radius 1 is 0.871 bits per heavy atom. The highest BCUT2D eigenvalue weighted by molar-refractivity contribution is 7.89. The van der Waals surface area contributed by atoms with Crippen LogP contribution in [-0.4, -0.2) is 31.7 Å². The van der Waals surface area contributed by atoms with E-state index in [1.54, 1.807) is 30.3 Å². The lowest BCUT2D eigenvalue weighted by atomic mass is 10.1. The van der Waals surface area contributed by atoms with Crippen molar-refractivity contribution in [3.8, 4) is 5.75 Å². The maximum atomic E-state index is 12.8. The molecule has 0 unspecified atom stereocenters. The van der Waals surface area contributed by atoms with Crippen molar-refractivity contribution >= 4 is 21.6 Å². The van der Waals surface area contributed by atoms with Crippen LogP contribution in [0.15, 0.2) is 83.8 Å². The summed E-state index contributed by atoms with van der Waals surface area (Å²) in [6.07, 6.45) is 1.78. The molecule has 3 aromatic rings. The molecule has 4 rings (SSSR count). The predicted molar refractivity (Wildman–Crippen MR) is 120 cm³/mol. The fourth-order valence-corrected chi connectivity index (χ4v) is 5.02. The number of nitrogens with zero attached hydrogens (tertiary/aromatic N) is 1. The van der Waals surface area contributed by atoms with Gasteiger partial charge >= 0.3 is 0 Å². The van der Waals surface area contributed by atoms with Gasteiger partial charge in [0.25, 0.3) is 5.91 Å². The third-order valence-electron chi connectivity index (χ3n) is 5.18. The van der Waals surface area contributed by atoms with Crippen molar-refractivity contribution < 1.29 is 17.9 Å². The fourth-order valence-electron chi connectivity index (χ4n) is 3.50. The molecule has 160 valence electrons. The van der Waals surface area contributed by atoms with Gasteiger partial charge in [-0.1, -0.05) is 42.5 Å². The lowest BCUT2D eigenvalue weighted by Crippen LogP contribution is -2.27. The second-order valence-electron chi connectivity index (χ2n) is 7.36. The van der Waals surface area contributed by atoms with Gasteiger partial charge in [0.15, 0.2) is 0 Å². The van der Waals surface area contributed by atoms with Crippen molar-refractivity contribution in [3.05, 3.63) is 90.0 Å². The highest BCUT2D eigenvalue weighted by Crippen LogP contribution is 2.24. The number of amides is 1. The van der Waals surface area contributed by atoms with Gasteiger partial charge in [0.05, 0.1) is 10.5 Å². The van der Waals surface area contributed by atoms with Crippen molar-refractivity contribution in [3.63, 3.8) is 0 Å². The second-order valence-corrected chi connectivity index (χ2v) is 9.30. The monoisotopic (exact) mass is 436 g/mol. The third kappa shape index (κ3) is 4.95. The van der Waals surface area contributed by atoms with Crippen LogP contribution in [0.2, 0.25) is 0 Å². The van der Waals surface area contributed by atoms with Gasteiger partial charge in [0, 0.05) is 18.8 Å². The van der Waals surface area contributed by atoms with Crippen LogP contribution in [0, 0.1) is 0 Å². The third-order valence-corrected chi connectivity index (χ3v) is 7.10. The average molecular weight is 437 g/mol. The Morgan fingerprint density at radius 3 is 2.23 bits per heavy atom. The summed E-state index contributed by atoms with van der Waals surface area (Å²) in [5.41, 5.74) is 1.93. The Bertz CT molecular complexity index is 1140. The van der Waals surface area contributed by atoms with Crippen molar-refractivity contribution in [2.24, 2.45) is 0 Å². The van der Waals surface area contributed by atoms with Crippen LogP contribution in [0.25, 0.3) is 0 Å². The van der Waals surface area contributed by atoms with Crippen LogP contribution in [0.3, 0.4) is 0 Å². The lowest BCUT2D eigenvalue weighted by Gasteiger charge is -2.16. The molecular formula is C24H24N2O4S. The molecule has 1 N–H and O–H groups in total. The van der Waals surface area contributed by atoms with Gasteiger partial charge in [-0.3, -0.25) is 4.79 Å².